The van der Waals surface area contributed by atoms with E-state index >= 15 is 0 Å². The van der Waals surface area contributed by atoms with Crippen LogP contribution in [0.3, 0.4) is 0 Å². The Balaban J connectivity index is 2.07. The summed E-state index contributed by atoms with van der Waals surface area (Å²) < 4.78 is 21.9. The number of aromatic nitrogens is 1. The van der Waals surface area contributed by atoms with E-state index in [1.165, 1.54) is 23.3 Å². The third-order valence-corrected chi connectivity index (χ3v) is 5.21. The fourth-order valence-corrected chi connectivity index (χ4v) is 3.85. The fraction of sp³-hybridized carbons (Fsp3) is 0.261. The normalized spacial score (nSPS) is 11.8. The van der Waals surface area contributed by atoms with E-state index in [9.17, 15) is 4.39 Å². The molecule has 2 aromatic carbocycles. The van der Waals surface area contributed by atoms with Crippen LogP contribution in [0, 0.1) is 19.7 Å². The molecule has 0 fully saturated rings. The van der Waals surface area contributed by atoms with E-state index in [4.69, 9.17) is 4.42 Å². The summed E-state index contributed by atoms with van der Waals surface area (Å²) in [6.07, 6.45) is 2.20. The number of rotatable bonds is 2. The molecule has 4 aromatic rings. The van der Waals surface area contributed by atoms with Crippen molar-refractivity contribution in [3.63, 3.8) is 0 Å². The van der Waals surface area contributed by atoms with Gasteiger partial charge in [0.2, 0.25) is 5.69 Å². The van der Waals surface area contributed by atoms with E-state index in [0.29, 0.717) is 11.5 Å². The van der Waals surface area contributed by atoms with Gasteiger partial charge in [0.25, 0.3) is 0 Å². The number of furan rings is 1. The predicted molar refractivity (Wildman–Crippen MR) is 104 cm³/mol. The van der Waals surface area contributed by atoms with Crippen molar-refractivity contribution in [3.8, 4) is 11.3 Å². The Labute approximate surface area is 152 Å². The highest BCUT2D eigenvalue weighted by Crippen LogP contribution is 2.37. The van der Waals surface area contributed by atoms with Gasteiger partial charge in [-0.25, -0.2) is 8.96 Å². The summed E-state index contributed by atoms with van der Waals surface area (Å²) in [6, 6.07) is 11.1. The van der Waals surface area contributed by atoms with E-state index in [1.54, 1.807) is 6.07 Å². The maximum absolute atomic E-state index is 13.6. The van der Waals surface area contributed by atoms with Gasteiger partial charge in [0.15, 0.2) is 6.20 Å². The smallest absolute Gasteiger partial charge is 0.216 e. The van der Waals surface area contributed by atoms with Crippen LogP contribution in [0.2, 0.25) is 0 Å². The molecule has 0 spiro atoms. The van der Waals surface area contributed by atoms with Gasteiger partial charge in [-0.3, -0.25) is 0 Å². The van der Waals surface area contributed by atoms with Crippen molar-refractivity contribution in [2.45, 2.75) is 33.6 Å². The molecule has 0 atom stereocenters. The molecule has 0 aliphatic rings. The number of hydrogen-bond acceptors (Lipinski definition) is 1. The second kappa shape index (κ2) is 5.94. The highest BCUT2D eigenvalue weighted by atomic mass is 19.1. The van der Waals surface area contributed by atoms with Crippen LogP contribution in [0.25, 0.3) is 33.2 Å². The molecule has 132 valence electrons. The molecule has 0 saturated carbocycles. The summed E-state index contributed by atoms with van der Waals surface area (Å²) in [7, 11) is 2.07. The van der Waals surface area contributed by atoms with E-state index < -0.39 is 0 Å². The van der Waals surface area contributed by atoms with Crippen LogP contribution in [-0.2, 0) is 7.05 Å². The van der Waals surface area contributed by atoms with Crippen LogP contribution in [0.5, 0.6) is 0 Å². The van der Waals surface area contributed by atoms with Gasteiger partial charge in [0.05, 0.1) is 5.56 Å². The van der Waals surface area contributed by atoms with Crippen LogP contribution >= 0.6 is 0 Å². The van der Waals surface area contributed by atoms with Gasteiger partial charge < -0.3 is 4.42 Å². The highest BCUT2D eigenvalue weighted by Gasteiger charge is 2.22. The van der Waals surface area contributed by atoms with E-state index in [-0.39, 0.29) is 5.82 Å². The summed E-state index contributed by atoms with van der Waals surface area (Å²) in [4.78, 5) is 0. The van der Waals surface area contributed by atoms with Gasteiger partial charge in [-0.1, -0.05) is 26.0 Å². The van der Waals surface area contributed by atoms with Crippen molar-refractivity contribution >= 4 is 21.9 Å². The lowest BCUT2D eigenvalue weighted by Gasteiger charge is -2.11. The Morgan fingerprint density at radius 2 is 1.69 bits per heavy atom. The molecule has 0 amide bonds. The third kappa shape index (κ3) is 2.50. The lowest BCUT2D eigenvalue weighted by atomic mass is 9.95. The molecule has 4 rings (SSSR count). The first kappa shape index (κ1) is 16.8. The monoisotopic (exact) mass is 348 g/mol. The molecular weight excluding hydrogens is 325 g/mol. The van der Waals surface area contributed by atoms with Crippen molar-refractivity contribution in [1.82, 2.24) is 0 Å². The average Bonchev–Trinajstić information content (AvgIpc) is 2.93. The van der Waals surface area contributed by atoms with Crippen molar-refractivity contribution in [3.05, 3.63) is 65.1 Å². The second-order valence-corrected chi connectivity index (χ2v) is 7.44. The van der Waals surface area contributed by atoms with Crippen molar-refractivity contribution in [2.75, 3.05) is 0 Å². The maximum Gasteiger partial charge on any atom is 0.216 e. The Kier molecular flexibility index (Phi) is 3.83. The van der Waals surface area contributed by atoms with Crippen LogP contribution in [0.1, 0.15) is 36.5 Å². The number of nitrogens with zero attached hydrogens (tertiary/aromatic N) is 1. The van der Waals surface area contributed by atoms with Gasteiger partial charge in [-0.2, -0.15) is 0 Å². The molecule has 26 heavy (non-hydrogen) atoms. The number of benzene rings is 2. The molecule has 0 unspecified atom stereocenters. The molecule has 2 aromatic heterocycles. The van der Waals surface area contributed by atoms with E-state index in [2.05, 4.69) is 63.7 Å². The van der Waals surface area contributed by atoms with E-state index in [0.717, 1.165) is 33.2 Å². The summed E-state index contributed by atoms with van der Waals surface area (Å²) >= 11 is 0. The Hall–Kier alpha value is -2.68. The van der Waals surface area contributed by atoms with Gasteiger partial charge in [-0.05, 0) is 43.0 Å². The van der Waals surface area contributed by atoms with Gasteiger partial charge in [-0.15, -0.1) is 0 Å². The zero-order valence-corrected chi connectivity index (χ0v) is 15.9. The molecule has 2 heterocycles. The highest BCUT2D eigenvalue weighted by molar-refractivity contribution is 6.09. The zero-order chi connectivity index (χ0) is 18.6. The number of aryl methyl sites for hydroxylation is 3. The average molecular weight is 348 g/mol. The predicted octanol–water partition coefficient (Wildman–Crippen LogP) is 5.96. The first-order valence-corrected chi connectivity index (χ1v) is 8.98. The van der Waals surface area contributed by atoms with Crippen molar-refractivity contribution in [1.29, 1.82) is 0 Å². The minimum absolute atomic E-state index is 0.280. The quantitative estimate of drug-likeness (QED) is 0.409. The number of pyridine rings is 1. The maximum atomic E-state index is 13.6. The summed E-state index contributed by atoms with van der Waals surface area (Å²) in [5.74, 6) is 0.193. The summed E-state index contributed by atoms with van der Waals surface area (Å²) in [5, 5.41) is 1.96. The Morgan fingerprint density at radius 1 is 0.962 bits per heavy atom. The number of halogens is 1. The SMILES string of the molecule is Cc1cc(-c2c(C)ccc3c2oc2cc(F)ccc23)[n+](C)cc1C(C)C. The molecule has 0 saturated heterocycles. The standard InChI is InChI=1S/C23H23FNO/c1-13(2)19-12-25(5)20(10-15(19)4)22-14(3)6-8-18-17-9-7-16(24)11-21(17)26-23(18)22/h6-13H,1-5H3/q+1. The van der Waals surface area contributed by atoms with Crippen LogP contribution in [-0.4, -0.2) is 0 Å². The zero-order valence-electron chi connectivity index (χ0n) is 15.9. The molecule has 0 aliphatic heterocycles. The van der Waals surface area contributed by atoms with Crippen molar-refractivity contribution < 1.29 is 13.4 Å². The van der Waals surface area contributed by atoms with Gasteiger partial charge >= 0.3 is 0 Å². The van der Waals surface area contributed by atoms with E-state index in [1.807, 2.05) is 0 Å². The van der Waals surface area contributed by atoms with Gasteiger partial charge in [0, 0.05) is 28.5 Å². The topological polar surface area (TPSA) is 17.0 Å². The second-order valence-electron chi connectivity index (χ2n) is 7.44. The number of hydrogen-bond donors (Lipinski definition) is 0. The lowest BCUT2D eigenvalue weighted by Crippen LogP contribution is -2.32. The molecule has 0 N–H and O–H groups in total. The molecular formula is C23H23FNO+. The molecule has 3 heteroatoms. The molecule has 0 bridgehead atoms. The minimum Gasteiger partial charge on any atom is -0.455 e. The summed E-state index contributed by atoms with van der Waals surface area (Å²) in [5.41, 5.74) is 7.33. The Bertz CT molecular complexity index is 1150. The van der Waals surface area contributed by atoms with Crippen LogP contribution in [0.15, 0.2) is 47.0 Å². The fourth-order valence-electron chi connectivity index (χ4n) is 3.85. The minimum atomic E-state index is -0.280. The largest absolute Gasteiger partial charge is 0.455 e. The first-order valence-electron chi connectivity index (χ1n) is 8.98. The number of fused-ring (bicyclic) bond motifs is 3. The van der Waals surface area contributed by atoms with Crippen molar-refractivity contribution in [2.24, 2.45) is 7.05 Å². The molecule has 0 aliphatic carbocycles. The first-order chi connectivity index (χ1) is 12.4. The lowest BCUT2D eigenvalue weighted by molar-refractivity contribution is -0.660. The molecule has 2 nitrogen and oxygen atoms in total. The third-order valence-electron chi connectivity index (χ3n) is 5.21. The Morgan fingerprint density at radius 3 is 2.42 bits per heavy atom. The van der Waals surface area contributed by atoms with Crippen LogP contribution < -0.4 is 4.57 Å². The molecule has 0 radical (unpaired) electrons. The summed E-state index contributed by atoms with van der Waals surface area (Å²) in [6.45, 7) is 8.67. The van der Waals surface area contributed by atoms with Gasteiger partial charge in [0.1, 0.15) is 24.0 Å². The van der Waals surface area contributed by atoms with Crippen LogP contribution in [0.4, 0.5) is 4.39 Å².